The van der Waals surface area contributed by atoms with Gasteiger partial charge in [-0.2, -0.15) is 0 Å². The standard InChI is InChI=1S/C59H100O6/c1-4-7-10-13-16-19-22-25-28-29-30-31-32-35-37-40-43-46-49-52-58(61)64-55-56(65-59(62)53-50-47-44-41-38-34-27-24-21-18-15-12-9-6-3)54-63-57(60)51-48-45-42-39-36-33-26-23-20-17-14-11-8-5-2/h15-16,18-19,23-28,30-31,35,37,56H,4-14,17,20-22,29,32-34,36,38-55H2,1-3H3/b18-15+,19-16+,26-23+,27-24+,28-25+,31-30+,37-35+/t56-/m1/s1. The molecule has 0 aliphatic rings. The van der Waals surface area contributed by atoms with Gasteiger partial charge in [-0.1, -0.05) is 202 Å². The normalized spacial score (nSPS) is 12.7. The van der Waals surface area contributed by atoms with Crippen molar-refractivity contribution in [3.05, 3.63) is 85.1 Å². The molecule has 0 unspecified atom stereocenters. The molecule has 0 heterocycles. The molecule has 0 bridgehead atoms. The highest BCUT2D eigenvalue weighted by Crippen LogP contribution is 2.13. The Labute approximate surface area is 401 Å². The minimum Gasteiger partial charge on any atom is -0.462 e. The van der Waals surface area contributed by atoms with Crippen molar-refractivity contribution in [2.24, 2.45) is 0 Å². The molecule has 65 heavy (non-hydrogen) atoms. The topological polar surface area (TPSA) is 78.9 Å². The first kappa shape index (κ1) is 61.6. The lowest BCUT2D eigenvalue weighted by atomic mass is 10.1. The maximum Gasteiger partial charge on any atom is 0.306 e. The van der Waals surface area contributed by atoms with E-state index in [0.29, 0.717) is 19.3 Å². The molecule has 0 rings (SSSR count). The van der Waals surface area contributed by atoms with Crippen molar-refractivity contribution >= 4 is 17.9 Å². The van der Waals surface area contributed by atoms with Gasteiger partial charge >= 0.3 is 17.9 Å². The van der Waals surface area contributed by atoms with Gasteiger partial charge in [0, 0.05) is 19.3 Å². The minimum absolute atomic E-state index is 0.0973. The summed E-state index contributed by atoms with van der Waals surface area (Å²) in [5, 5.41) is 0. The molecule has 0 aromatic rings. The van der Waals surface area contributed by atoms with Gasteiger partial charge in [0.25, 0.3) is 0 Å². The Balaban J connectivity index is 4.47. The number of carbonyl (C=O) groups is 3. The predicted molar refractivity (Wildman–Crippen MR) is 279 cm³/mol. The molecule has 0 N–H and O–H groups in total. The molecule has 6 nitrogen and oxygen atoms in total. The average molecular weight is 905 g/mol. The first-order valence-corrected chi connectivity index (χ1v) is 27.1. The molecule has 0 amide bonds. The zero-order valence-electron chi connectivity index (χ0n) is 42.5. The Morgan fingerprint density at radius 2 is 0.569 bits per heavy atom. The first-order valence-electron chi connectivity index (χ1n) is 27.1. The monoisotopic (exact) mass is 905 g/mol. The second-order valence-electron chi connectivity index (χ2n) is 17.8. The highest BCUT2D eigenvalue weighted by Gasteiger charge is 2.19. The van der Waals surface area contributed by atoms with Crippen molar-refractivity contribution in [2.45, 2.75) is 258 Å². The van der Waals surface area contributed by atoms with E-state index in [1.807, 2.05) is 0 Å². The highest BCUT2D eigenvalue weighted by atomic mass is 16.6. The van der Waals surface area contributed by atoms with Crippen molar-refractivity contribution in [2.75, 3.05) is 13.2 Å². The number of hydrogen-bond acceptors (Lipinski definition) is 6. The Morgan fingerprint density at radius 3 is 0.969 bits per heavy atom. The molecule has 0 fully saturated rings. The van der Waals surface area contributed by atoms with Crippen LogP contribution < -0.4 is 0 Å². The van der Waals surface area contributed by atoms with Gasteiger partial charge in [0.2, 0.25) is 0 Å². The first-order chi connectivity index (χ1) is 32.0. The number of carbonyl (C=O) groups excluding carboxylic acids is 3. The summed E-state index contributed by atoms with van der Waals surface area (Å²) in [7, 11) is 0. The van der Waals surface area contributed by atoms with E-state index in [9.17, 15) is 14.4 Å². The van der Waals surface area contributed by atoms with Gasteiger partial charge in [-0.25, -0.2) is 0 Å². The summed E-state index contributed by atoms with van der Waals surface area (Å²) < 4.78 is 16.8. The lowest BCUT2D eigenvalue weighted by molar-refractivity contribution is -0.167. The van der Waals surface area contributed by atoms with E-state index in [1.54, 1.807) is 0 Å². The Morgan fingerprint density at radius 1 is 0.308 bits per heavy atom. The number of unbranched alkanes of at least 4 members (excludes halogenated alkanes) is 23. The van der Waals surface area contributed by atoms with Crippen LogP contribution in [0.15, 0.2) is 85.1 Å². The third-order valence-electron chi connectivity index (χ3n) is 11.3. The zero-order valence-corrected chi connectivity index (χ0v) is 42.5. The van der Waals surface area contributed by atoms with E-state index in [1.165, 1.54) is 96.3 Å². The second kappa shape index (κ2) is 53.2. The van der Waals surface area contributed by atoms with Gasteiger partial charge in [-0.3, -0.25) is 14.4 Å². The van der Waals surface area contributed by atoms with E-state index in [4.69, 9.17) is 14.2 Å². The van der Waals surface area contributed by atoms with Crippen LogP contribution >= 0.6 is 0 Å². The molecule has 0 spiro atoms. The van der Waals surface area contributed by atoms with Gasteiger partial charge < -0.3 is 14.2 Å². The molecule has 1 atom stereocenters. The quantitative estimate of drug-likeness (QED) is 0.0262. The van der Waals surface area contributed by atoms with Gasteiger partial charge in [-0.05, 0) is 116 Å². The van der Waals surface area contributed by atoms with Crippen molar-refractivity contribution in [1.82, 2.24) is 0 Å². The number of rotatable bonds is 48. The maximum absolute atomic E-state index is 12.8. The number of hydrogen-bond donors (Lipinski definition) is 0. The van der Waals surface area contributed by atoms with Crippen LogP contribution in [0.25, 0.3) is 0 Å². The van der Waals surface area contributed by atoms with E-state index in [0.717, 1.165) is 116 Å². The fourth-order valence-electron chi connectivity index (χ4n) is 7.20. The predicted octanol–water partition coefficient (Wildman–Crippen LogP) is 18.0. The zero-order chi connectivity index (χ0) is 47.2. The van der Waals surface area contributed by atoms with Crippen LogP contribution in [0.5, 0.6) is 0 Å². The molecular weight excluding hydrogens is 805 g/mol. The maximum atomic E-state index is 12.8. The highest BCUT2D eigenvalue weighted by molar-refractivity contribution is 5.71. The van der Waals surface area contributed by atoms with Gasteiger partial charge in [0.15, 0.2) is 6.10 Å². The smallest absolute Gasteiger partial charge is 0.306 e. The van der Waals surface area contributed by atoms with Crippen molar-refractivity contribution in [1.29, 1.82) is 0 Å². The van der Waals surface area contributed by atoms with E-state index in [-0.39, 0.29) is 31.1 Å². The molecule has 0 radical (unpaired) electrons. The fourth-order valence-corrected chi connectivity index (χ4v) is 7.20. The van der Waals surface area contributed by atoms with Crippen LogP contribution in [-0.4, -0.2) is 37.2 Å². The lowest BCUT2D eigenvalue weighted by Gasteiger charge is -2.18. The molecule has 372 valence electrons. The van der Waals surface area contributed by atoms with Crippen LogP contribution in [-0.2, 0) is 28.6 Å². The Bertz CT molecular complexity index is 1270. The van der Waals surface area contributed by atoms with Crippen LogP contribution in [0.4, 0.5) is 0 Å². The lowest BCUT2D eigenvalue weighted by Crippen LogP contribution is -2.30. The van der Waals surface area contributed by atoms with Crippen LogP contribution in [0, 0.1) is 0 Å². The van der Waals surface area contributed by atoms with Crippen molar-refractivity contribution < 1.29 is 28.6 Å². The molecule has 0 aromatic heterocycles. The van der Waals surface area contributed by atoms with Crippen LogP contribution in [0.2, 0.25) is 0 Å². The summed E-state index contributed by atoms with van der Waals surface area (Å²) in [6.07, 6.45) is 68.5. The summed E-state index contributed by atoms with van der Waals surface area (Å²) >= 11 is 0. The number of allylic oxidation sites excluding steroid dienone is 14. The molecule has 0 aliphatic carbocycles. The van der Waals surface area contributed by atoms with Crippen molar-refractivity contribution in [3.63, 3.8) is 0 Å². The van der Waals surface area contributed by atoms with Crippen molar-refractivity contribution in [3.8, 4) is 0 Å². The Hall–Kier alpha value is -3.41. The van der Waals surface area contributed by atoms with Gasteiger partial charge in [0.1, 0.15) is 13.2 Å². The molecular formula is C59H100O6. The summed E-state index contributed by atoms with van der Waals surface area (Å²) in [6.45, 7) is 6.51. The van der Waals surface area contributed by atoms with Crippen LogP contribution in [0.3, 0.4) is 0 Å². The van der Waals surface area contributed by atoms with Crippen LogP contribution in [0.1, 0.15) is 252 Å². The molecule has 0 aliphatic heterocycles. The third-order valence-corrected chi connectivity index (χ3v) is 11.3. The molecule has 0 saturated carbocycles. The molecule has 0 aromatic carbocycles. The number of ether oxygens (including phenoxy) is 3. The molecule has 0 saturated heterocycles. The summed E-state index contributed by atoms with van der Waals surface area (Å²) in [5.74, 6) is -0.950. The second-order valence-corrected chi connectivity index (χ2v) is 17.8. The fraction of sp³-hybridized carbons (Fsp3) is 0.712. The number of esters is 3. The Kier molecular flexibility index (Phi) is 50.4. The largest absolute Gasteiger partial charge is 0.462 e. The minimum atomic E-state index is -0.800. The summed E-state index contributed by atoms with van der Waals surface area (Å²) in [4.78, 5) is 38.0. The van der Waals surface area contributed by atoms with E-state index < -0.39 is 6.10 Å². The average Bonchev–Trinajstić information content (AvgIpc) is 3.30. The van der Waals surface area contributed by atoms with Gasteiger partial charge in [0.05, 0.1) is 0 Å². The van der Waals surface area contributed by atoms with E-state index >= 15 is 0 Å². The summed E-state index contributed by atoms with van der Waals surface area (Å²) in [5.41, 5.74) is 0. The van der Waals surface area contributed by atoms with Gasteiger partial charge in [-0.15, -0.1) is 0 Å². The van der Waals surface area contributed by atoms with E-state index in [2.05, 4.69) is 106 Å². The molecule has 6 heteroatoms. The third kappa shape index (κ3) is 51.4. The SMILES string of the molecule is CCCC/C=C/C/C=C/CCCCCCCC(=O)O[C@@H](COC(=O)CCCCC/C=C/C/C=C/C/C=C/C/C=C/CCCCC)COC(=O)CCCCCCC/C=C/CCCCCCC. The summed E-state index contributed by atoms with van der Waals surface area (Å²) in [6, 6.07) is 0.